The number of hydrogen-bond acceptors (Lipinski definition) is 12. The minimum atomic E-state index is -1.51. The van der Waals surface area contributed by atoms with E-state index in [-0.39, 0.29) is 12.0 Å². The summed E-state index contributed by atoms with van der Waals surface area (Å²) in [7, 11) is 1.13. The van der Waals surface area contributed by atoms with E-state index < -0.39 is 78.8 Å². The summed E-state index contributed by atoms with van der Waals surface area (Å²) in [4.78, 5) is 74.4. The number of rotatable bonds is 12. The molecule has 0 radical (unpaired) electrons. The second kappa shape index (κ2) is 16.2. The zero-order chi connectivity index (χ0) is 33.1. The normalized spacial score (nSPS) is 20.4. The molecule has 1 saturated heterocycles. The molecule has 1 unspecified atom stereocenters. The fourth-order valence-electron chi connectivity index (χ4n) is 4.81. The van der Waals surface area contributed by atoms with Gasteiger partial charge in [0.2, 0.25) is 5.91 Å². The molecule has 3 rings (SSSR count). The Morgan fingerprint density at radius 2 is 1.53 bits per heavy atom. The molecule has 2 aromatic rings. The van der Waals surface area contributed by atoms with Crippen molar-refractivity contribution in [2.24, 2.45) is 0 Å². The van der Waals surface area contributed by atoms with E-state index in [0.717, 1.165) is 27.9 Å². The Morgan fingerprint density at radius 3 is 2.13 bits per heavy atom. The molecule has 14 nitrogen and oxygen atoms in total. The highest BCUT2D eigenvalue weighted by Gasteiger charge is 2.51. The number of hydrogen-bond donors (Lipinski definition) is 2. The molecule has 45 heavy (non-hydrogen) atoms. The minimum absolute atomic E-state index is 0.198. The van der Waals surface area contributed by atoms with Crippen molar-refractivity contribution in [1.29, 1.82) is 0 Å². The van der Waals surface area contributed by atoms with Gasteiger partial charge in [0.15, 0.2) is 18.3 Å². The summed E-state index contributed by atoms with van der Waals surface area (Å²) in [6, 6.07) is 14.1. The molecule has 1 fully saturated rings. The van der Waals surface area contributed by atoms with Crippen LogP contribution in [0.1, 0.15) is 44.5 Å². The second-order valence-electron chi connectivity index (χ2n) is 10.1. The second-order valence-corrected chi connectivity index (χ2v) is 10.1. The van der Waals surface area contributed by atoms with Gasteiger partial charge in [-0.05, 0) is 30.3 Å². The van der Waals surface area contributed by atoms with Gasteiger partial charge in [-0.2, -0.15) is 0 Å². The Kier molecular flexibility index (Phi) is 12.4. The van der Waals surface area contributed by atoms with Gasteiger partial charge in [-0.3, -0.25) is 24.0 Å². The SMILES string of the molecule is COC(=O)C1C[C@H](OC(C)=O)[C@@H](NC(C)=O)[C@H]([C@H](OC(C)=O)[C@@H](CNC(=O)c2cccc(Oc3ccccc3)c2)OC(C)=O)O1. The van der Waals surface area contributed by atoms with Crippen molar-refractivity contribution in [3.05, 3.63) is 60.2 Å². The van der Waals surface area contributed by atoms with Gasteiger partial charge in [-0.25, -0.2) is 4.79 Å². The molecule has 6 atom stereocenters. The standard InChI is InChI=1S/C31H36N2O12/c1-17(34)33-27-24(41-18(2)35)15-25(31(39)40-5)45-29(27)28(43-20(4)37)26(42-19(3)36)16-32-30(38)21-10-9-13-23(14-21)44-22-11-7-6-8-12-22/h6-14,24-29H,15-16H2,1-5H3,(H,32,38)(H,33,34)/t24-,25?,26+,27+,28+,29+/m0/s1. The first-order chi connectivity index (χ1) is 21.4. The van der Waals surface area contributed by atoms with Gasteiger partial charge in [0, 0.05) is 39.7 Å². The molecule has 2 N–H and O–H groups in total. The summed E-state index contributed by atoms with van der Waals surface area (Å²) in [5.74, 6) is -3.35. The van der Waals surface area contributed by atoms with E-state index in [4.69, 9.17) is 28.4 Å². The summed E-state index contributed by atoms with van der Waals surface area (Å²) in [6.07, 6.45) is -6.96. The number of esters is 4. The number of nitrogens with one attached hydrogen (secondary N) is 2. The lowest BCUT2D eigenvalue weighted by molar-refractivity contribution is -0.214. The molecule has 1 aliphatic heterocycles. The number of methoxy groups -OCH3 is 1. The first-order valence-electron chi connectivity index (χ1n) is 14.0. The lowest BCUT2D eigenvalue weighted by atomic mass is 9.89. The van der Waals surface area contributed by atoms with Crippen LogP contribution in [0.2, 0.25) is 0 Å². The maximum absolute atomic E-state index is 13.2. The van der Waals surface area contributed by atoms with Crippen molar-refractivity contribution in [1.82, 2.24) is 10.6 Å². The summed E-state index contributed by atoms with van der Waals surface area (Å²) < 4.78 is 33.0. The van der Waals surface area contributed by atoms with Gasteiger partial charge in [0.05, 0.1) is 19.7 Å². The van der Waals surface area contributed by atoms with Gasteiger partial charge in [-0.1, -0.05) is 24.3 Å². The lowest BCUT2D eigenvalue weighted by Gasteiger charge is -2.44. The van der Waals surface area contributed by atoms with Crippen molar-refractivity contribution in [2.75, 3.05) is 13.7 Å². The van der Waals surface area contributed by atoms with E-state index in [1.807, 2.05) is 6.07 Å². The van der Waals surface area contributed by atoms with Crippen LogP contribution in [0.15, 0.2) is 54.6 Å². The first kappa shape index (κ1) is 34.5. The van der Waals surface area contributed by atoms with Gasteiger partial charge in [0.1, 0.15) is 23.7 Å². The number of carbonyl (C=O) groups is 6. The molecule has 0 saturated carbocycles. The zero-order valence-electron chi connectivity index (χ0n) is 25.5. The van der Waals surface area contributed by atoms with Crippen LogP contribution in [-0.2, 0) is 47.7 Å². The Hall–Kier alpha value is -4.98. The molecular weight excluding hydrogens is 592 g/mol. The summed E-state index contributed by atoms with van der Waals surface area (Å²) in [5, 5.41) is 5.27. The predicted octanol–water partition coefficient (Wildman–Crippen LogP) is 1.84. The van der Waals surface area contributed by atoms with Gasteiger partial charge in [-0.15, -0.1) is 0 Å². The van der Waals surface area contributed by atoms with Crippen LogP contribution in [-0.4, -0.2) is 85.9 Å². The lowest BCUT2D eigenvalue weighted by Crippen LogP contribution is -2.65. The Balaban J connectivity index is 1.93. The monoisotopic (exact) mass is 628 g/mol. The molecule has 14 heteroatoms. The quantitative estimate of drug-likeness (QED) is 0.257. The molecule has 1 heterocycles. The van der Waals surface area contributed by atoms with Crippen molar-refractivity contribution >= 4 is 35.7 Å². The van der Waals surface area contributed by atoms with Crippen LogP contribution in [0.5, 0.6) is 11.5 Å². The number of amides is 2. The van der Waals surface area contributed by atoms with E-state index in [1.165, 1.54) is 13.0 Å². The molecule has 2 aromatic carbocycles. The smallest absolute Gasteiger partial charge is 0.335 e. The van der Waals surface area contributed by atoms with Crippen molar-refractivity contribution in [3.63, 3.8) is 0 Å². The fourth-order valence-corrected chi connectivity index (χ4v) is 4.81. The highest BCUT2D eigenvalue weighted by Crippen LogP contribution is 2.30. The van der Waals surface area contributed by atoms with Gasteiger partial charge in [0.25, 0.3) is 5.91 Å². The van der Waals surface area contributed by atoms with E-state index in [2.05, 4.69) is 10.6 Å². The van der Waals surface area contributed by atoms with Crippen LogP contribution < -0.4 is 15.4 Å². The van der Waals surface area contributed by atoms with Crippen LogP contribution in [0.3, 0.4) is 0 Å². The Bertz CT molecular complexity index is 1380. The Morgan fingerprint density at radius 1 is 0.867 bits per heavy atom. The highest BCUT2D eigenvalue weighted by atomic mass is 16.6. The minimum Gasteiger partial charge on any atom is -0.467 e. The number of benzene rings is 2. The van der Waals surface area contributed by atoms with E-state index in [9.17, 15) is 28.8 Å². The van der Waals surface area contributed by atoms with Crippen molar-refractivity contribution in [3.8, 4) is 11.5 Å². The molecule has 0 spiro atoms. The van der Waals surface area contributed by atoms with Crippen LogP contribution in [0, 0.1) is 0 Å². The zero-order valence-corrected chi connectivity index (χ0v) is 25.5. The molecule has 1 aliphatic rings. The fraction of sp³-hybridized carbons (Fsp3) is 0.419. The number of carbonyl (C=O) groups excluding carboxylic acids is 6. The third-order valence-electron chi connectivity index (χ3n) is 6.52. The Labute approximate surface area is 259 Å². The number of para-hydroxylation sites is 1. The topological polar surface area (TPSA) is 182 Å². The summed E-state index contributed by atoms with van der Waals surface area (Å²) >= 11 is 0. The number of ether oxygens (including phenoxy) is 6. The molecular formula is C31H36N2O12. The largest absolute Gasteiger partial charge is 0.467 e. The molecule has 0 aliphatic carbocycles. The van der Waals surface area contributed by atoms with E-state index in [0.29, 0.717) is 11.5 Å². The van der Waals surface area contributed by atoms with Crippen LogP contribution >= 0.6 is 0 Å². The molecule has 0 aromatic heterocycles. The van der Waals surface area contributed by atoms with E-state index in [1.54, 1.807) is 42.5 Å². The molecule has 0 bridgehead atoms. The average molecular weight is 629 g/mol. The molecule has 242 valence electrons. The van der Waals surface area contributed by atoms with Gasteiger partial charge < -0.3 is 39.1 Å². The maximum atomic E-state index is 13.2. The van der Waals surface area contributed by atoms with Gasteiger partial charge >= 0.3 is 23.9 Å². The van der Waals surface area contributed by atoms with Crippen molar-refractivity contribution < 1.29 is 57.2 Å². The van der Waals surface area contributed by atoms with E-state index >= 15 is 0 Å². The predicted molar refractivity (Wildman–Crippen MR) is 155 cm³/mol. The van der Waals surface area contributed by atoms with Crippen LogP contribution in [0.25, 0.3) is 0 Å². The van der Waals surface area contributed by atoms with Crippen molar-refractivity contribution in [2.45, 2.75) is 70.7 Å². The third-order valence-corrected chi connectivity index (χ3v) is 6.52. The highest BCUT2D eigenvalue weighted by molar-refractivity contribution is 5.94. The maximum Gasteiger partial charge on any atom is 0.335 e. The third kappa shape index (κ3) is 10.3. The average Bonchev–Trinajstić information content (AvgIpc) is 2.98. The van der Waals surface area contributed by atoms with Crippen LogP contribution in [0.4, 0.5) is 0 Å². The first-order valence-corrected chi connectivity index (χ1v) is 14.0. The summed E-state index contributed by atoms with van der Waals surface area (Å²) in [5.41, 5.74) is 0.208. The summed E-state index contributed by atoms with van der Waals surface area (Å²) in [6.45, 7) is 4.15. The molecule has 2 amide bonds.